The number of hydrogen-bond donors (Lipinski definition) is 1. The quantitative estimate of drug-likeness (QED) is 0.584. The largest absolute Gasteiger partial charge is 0.381 e. The lowest BCUT2D eigenvalue weighted by molar-refractivity contribution is 0.0940. The van der Waals surface area contributed by atoms with Crippen molar-refractivity contribution in [2.24, 2.45) is 0 Å². The van der Waals surface area contributed by atoms with E-state index in [1.807, 2.05) is 0 Å². The lowest BCUT2D eigenvalue weighted by Crippen LogP contribution is -2.25. The Labute approximate surface area is 113 Å². The van der Waals surface area contributed by atoms with Gasteiger partial charge in [-0.05, 0) is 25.0 Å². The summed E-state index contributed by atoms with van der Waals surface area (Å²) in [6, 6.07) is 3.19. The van der Waals surface area contributed by atoms with Crippen molar-refractivity contribution in [2.45, 2.75) is 26.2 Å². The molecular weight excluding hydrogens is 252 g/mol. The van der Waals surface area contributed by atoms with Gasteiger partial charge in [-0.3, -0.25) is 4.79 Å². The number of halogens is 1. The summed E-state index contributed by atoms with van der Waals surface area (Å²) < 4.78 is 5.40. The minimum atomic E-state index is -0.132. The summed E-state index contributed by atoms with van der Waals surface area (Å²) in [5.41, 5.74) is 0.530. The number of carbonyl (C=O) groups is 1. The predicted octanol–water partition coefficient (Wildman–Crippen LogP) is 2.67. The van der Waals surface area contributed by atoms with E-state index in [2.05, 4.69) is 17.2 Å². The molecule has 18 heavy (non-hydrogen) atoms. The van der Waals surface area contributed by atoms with Gasteiger partial charge in [0.05, 0.1) is 0 Å². The van der Waals surface area contributed by atoms with Crippen LogP contribution in [0.2, 0.25) is 5.15 Å². The van der Waals surface area contributed by atoms with Crippen LogP contribution >= 0.6 is 11.6 Å². The van der Waals surface area contributed by atoms with Crippen LogP contribution in [-0.4, -0.2) is 30.6 Å². The predicted molar refractivity (Wildman–Crippen MR) is 71.9 cm³/mol. The highest BCUT2D eigenvalue weighted by atomic mass is 35.5. The van der Waals surface area contributed by atoms with Gasteiger partial charge in [0.25, 0.3) is 5.91 Å². The summed E-state index contributed by atoms with van der Waals surface area (Å²) in [4.78, 5) is 15.5. The van der Waals surface area contributed by atoms with Crippen molar-refractivity contribution in [3.63, 3.8) is 0 Å². The first-order valence-electron chi connectivity index (χ1n) is 6.21. The zero-order valence-corrected chi connectivity index (χ0v) is 11.4. The zero-order chi connectivity index (χ0) is 13.2. The van der Waals surface area contributed by atoms with Crippen LogP contribution in [0.5, 0.6) is 0 Å². The highest BCUT2D eigenvalue weighted by molar-refractivity contribution is 6.29. The van der Waals surface area contributed by atoms with E-state index in [9.17, 15) is 4.79 Å². The summed E-state index contributed by atoms with van der Waals surface area (Å²) in [6.07, 6.45) is 4.56. The Hall–Kier alpha value is -1.13. The van der Waals surface area contributed by atoms with Crippen LogP contribution in [0.1, 0.15) is 36.5 Å². The fourth-order valence-corrected chi connectivity index (χ4v) is 1.54. The number of rotatable bonds is 8. The summed E-state index contributed by atoms with van der Waals surface area (Å²) >= 11 is 5.71. The van der Waals surface area contributed by atoms with E-state index in [0.29, 0.717) is 23.9 Å². The minimum Gasteiger partial charge on any atom is -0.381 e. The molecule has 1 heterocycles. The lowest BCUT2D eigenvalue weighted by atomic mass is 10.2. The fourth-order valence-electron chi connectivity index (χ4n) is 1.37. The maximum Gasteiger partial charge on any atom is 0.251 e. The summed E-state index contributed by atoms with van der Waals surface area (Å²) in [5.74, 6) is -0.132. The second kappa shape index (κ2) is 8.89. The maximum absolute atomic E-state index is 11.7. The standard InChI is InChI=1S/C13H19ClN2O2/c1-2-3-8-18-9-4-6-16-13(17)11-5-7-15-12(14)10-11/h5,7,10H,2-4,6,8-9H2,1H3,(H,16,17). The van der Waals surface area contributed by atoms with E-state index in [1.54, 1.807) is 12.1 Å². The van der Waals surface area contributed by atoms with E-state index in [0.717, 1.165) is 25.9 Å². The Morgan fingerprint density at radius 1 is 1.44 bits per heavy atom. The molecule has 1 aromatic rings. The van der Waals surface area contributed by atoms with Crippen molar-refractivity contribution >= 4 is 17.5 Å². The van der Waals surface area contributed by atoms with E-state index < -0.39 is 0 Å². The highest BCUT2D eigenvalue weighted by Gasteiger charge is 2.04. The normalized spacial score (nSPS) is 10.3. The van der Waals surface area contributed by atoms with Crippen molar-refractivity contribution in [1.82, 2.24) is 10.3 Å². The summed E-state index contributed by atoms with van der Waals surface area (Å²) in [6.45, 7) is 4.20. The molecule has 4 nitrogen and oxygen atoms in total. The molecule has 0 radical (unpaired) electrons. The third-order valence-corrected chi connectivity index (χ3v) is 2.59. The molecule has 100 valence electrons. The first-order valence-corrected chi connectivity index (χ1v) is 6.59. The molecule has 0 aliphatic carbocycles. The molecule has 0 fully saturated rings. The molecule has 1 rings (SSSR count). The first kappa shape index (κ1) is 14.9. The second-order valence-corrected chi connectivity index (χ2v) is 4.33. The van der Waals surface area contributed by atoms with Gasteiger partial charge >= 0.3 is 0 Å². The van der Waals surface area contributed by atoms with Crippen LogP contribution in [0.3, 0.4) is 0 Å². The monoisotopic (exact) mass is 270 g/mol. The molecule has 0 bridgehead atoms. The molecule has 0 saturated heterocycles. The third kappa shape index (κ3) is 5.98. The smallest absolute Gasteiger partial charge is 0.251 e. The Bertz CT molecular complexity index is 372. The zero-order valence-electron chi connectivity index (χ0n) is 10.6. The fraction of sp³-hybridized carbons (Fsp3) is 0.538. The van der Waals surface area contributed by atoms with E-state index in [1.165, 1.54) is 6.20 Å². The van der Waals surface area contributed by atoms with Gasteiger partial charge in [0.15, 0.2) is 0 Å². The van der Waals surface area contributed by atoms with Gasteiger partial charge in [0, 0.05) is 31.5 Å². The van der Waals surface area contributed by atoms with Gasteiger partial charge in [-0.25, -0.2) is 4.98 Å². The summed E-state index contributed by atoms with van der Waals surface area (Å²) in [7, 11) is 0. The number of aromatic nitrogens is 1. The molecule has 0 aromatic carbocycles. The highest BCUT2D eigenvalue weighted by Crippen LogP contribution is 2.06. The summed E-state index contributed by atoms with van der Waals surface area (Å²) in [5, 5.41) is 3.14. The second-order valence-electron chi connectivity index (χ2n) is 3.94. The number of ether oxygens (including phenoxy) is 1. The lowest BCUT2D eigenvalue weighted by Gasteiger charge is -2.06. The molecule has 0 aliphatic rings. The molecule has 0 unspecified atom stereocenters. The van der Waals surface area contributed by atoms with Crippen molar-refractivity contribution < 1.29 is 9.53 Å². The molecule has 1 aromatic heterocycles. The maximum atomic E-state index is 11.7. The van der Waals surface area contributed by atoms with Crippen molar-refractivity contribution in [3.05, 3.63) is 29.0 Å². The average Bonchev–Trinajstić information content (AvgIpc) is 2.37. The Morgan fingerprint density at radius 3 is 2.94 bits per heavy atom. The van der Waals surface area contributed by atoms with Crippen molar-refractivity contribution in [3.8, 4) is 0 Å². The number of nitrogens with one attached hydrogen (secondary N) is 1. The Morgan fingerprint density at radius 2 is 2.22 bits per heavy atom. The van der Waals surface area contributed by atoms with Gasteiger partial charge in [-0.1, -0.05) is 24.9 Å². The van der Waals surface area contributed by atoms with Gasteiger partial charge in [-0.2, -0.15) is 0 Å². The molecular formula is C13H19ClN2O2. The third-order valence-electron chi connectivity index (χ3n) is 2.38. The number of nitrogens with zero attached hydrogens (tertiary/aromatic N) is 1. The van der Waals surface area contributed by atoms with Crippen LogP contribution in [-0.2, 0) is 4.74 Å². The van der Waals surface area contributed by atoms with E-state index >= 15 is 0 Å². The molecule has 0 saturated carbocycles. The van der Waals surface area contributed by atoms with Crippen molar-refractivity contribution in [2.75, 3.05) is 19.8 Å². The van der Waals surface area contributed by atoms with Gasteiger partial charge < -0.3 is 10.1 Å². The number of pyridine rings is 1. The van der Waals surface area contributed by atoms with E-state index in [-0.39, 0.29) is 5.91 Å². The van der Waals surface area contributed by atoms with Crippen molar-refractivity contribution in [1.29, 1.82) is 0 Å². The van der Waals surface area contributed by atoms with Gasteiger partial charge in [0.1, 0.15) is 5.15 Å². The first-order chi connectivity index (χ1) is 8.74. The van der Waals surface area contributed by atoms with Crippen LogP contribution in [0.4, 0.5) is 0 Å². The number of unbranched alkanes of at least 4 members (excludes halogenated alkanes) is 1. The van der Waals surface area contributed by atoms with Gasteiger partial charge in [0.2, 0.25) is 0 Å². The molecule has 1 amide bonds. The minimum absolute atomic E-state index is 0.132. The molecule has 0 aliphatic heterocycles. The molecule has 0 spiro atoms. The average molecular weight is 271 g/mol. The molecule has 5 heteroatoms. The van der Waals surface area contributed by atoms with Gasteiger partial charge in [-0.15, -0.1) is 0 Å². The Kier molecular flexibility index (Phi) is 7.37. The van der Waals surface area contributed by atoms with Crippen LogP contribution in [0.25, 0.3) is 0 Å². The SMILES string of the molecule is CCCCOCCCNC(=O)c1ccnc(Cl)c1. The van der Waals surface area contributed by atoms with E-state index in [4.69, 9.17) is 16.3 Å². The topological polar surface area (TPSA) is 51.2 Å². The number of hydrogen-bond acceptors (Lipinski definition) is 3. The van der Waals surface area contributed by atoms with Crippen LogP contribution in [0, 0.1) is 0 Å². The van der Waals surface area contributed by atoms with Crippen LogP contribution < -0.4 is 5.32 Å². The number of amides is 1. The molecule has 0 atom stereocenters. The molecule has 1 N–H and O–H groups in total. The Balaban J connectivity index is 2.14. The number of carbonyl (C=O) groups excluding carboxylic acids is 1. The van der Waals surface area contributed by atoms with Crippen LogP contribution in [0.15, 0.2) is 18.3 Å².